The molecule has 0 unspecified atom stereocenters. The van der Waals surface area contributed by atoms with Crippen LogP contribution in [0, 0.1) is 0 Å². The first kappa shape index (κ1) is 15.8. The highest BCUT2D eigenvalue weighted by Gasteiger charge is 2.06. The van der Waals surface area contributed by atoms with E-state index in [1.165, 1.54) is 11.3 Å². The van der Waals surface area contributed by atoms with E-state index >= 15 is 0 Å². The van der Waals surface area contributed by atoms with Crippen LogP contribution in [0.15, 0.2) is 49.1 Å². The van der Waals surface area contributed by atoms with Gasteiger partial charge in [-0.25, -0.2) is 9.97 Å². The van der Waals surface area contributed by atoms with E-state index in [0.29, 0.717) is 16.5 Å². The fraction of sp³-hybridized carbons (Fsp3) is 0.0588. The summed E-state index contributed by atoms with van der Waals surface area (Å²) in [6.07, 6.45) is 10.1. The summed E-state index contributed by atoms with van der Waals surface area (Å²) >= 11 is 1.34. The van der Waals surface area contributed by atoms with Crippen LogP contribution in [0.2, 0.25) is 0 Å². The number of hydrogen-bond acceptors (Lipinski definition) is 6. The molecule has 2 aromatic heterocycles. The normalized spacial score (nSPS) is 10.7. The highest BCUT2D eigenvalue weighted by Crippen LogP contribution is 2.20. The van der Waals surface area contributed by atoms with E-state index < -0.39 is 0 Å². The minimum Gasteiger partial charge on any atom is -0.438 e. The second-order valence-corrected chi connectivity index (χ2v) is 5.75. The van der Waals surface area contributed by atoms with Crippen molar-refractivity contribution in [2.24, 2.45) is 0 Å². The van der Waals surface area contributed by atoms with Gasteiger partial charge in [0, 0.05) is 19.4 Å². The number of thiazole rings is 1. The van der Waals surface area contributed by atoms with Crippen molar-refractivity contribution < 1.29 is 9.53 Å². The predicted molar refractivity (Wildman–Crippen MR) is 93.0 cm³/mol. The van der Waals surface area contributed by atoms with Crippen LogP contribution < -0.4 is 10.1 Å². The molecule has 0 radical (unpaired) electrons. The van der Waals surface area contributed by atoms with Crippen LogP contribution >= 0.6 is 11.3 Å². The molecule has 1 N–H and O–H groups in total. The average Bonchev–Trinajstić information content (AvgIpc) is 3.10. The maximum atomic E-state index is 11.5. The van der Waals surface area contributed by atoms with Gasteiger partial charge < -0.3 is 10.1 Å². The molecule has 3 rings (SSSR count). The van der Waals surface area contributed by atoms with Gasteiger partial charge in [0.1, 0.15) is 15.6 Å². The molecule has 1 aromatic carbocycles. The standard InChI is InChI=1S/C17H14N4O2S/c1-18-17(22)14-10-21-16(24-14)7-4-12-2-5-13(6-3-12)23-15-11-19-8-9-20-15/h2-11H,1H3,(H,18,22). The van der Waals surface area contributed by atoms with Crippen LogP contribution in [0.25, 0.3) is 12.2 Å². The molecule has 1 amide bonds. The van der Waals surface area contributed by atoms with Gasteiger partial charge in [-0.1, -0.05) is 18.2 Å². The van der Waals surface area contributed by atoms with Crippen LogP contribution in [0.4, 0.5) is 0 Å². The third kappa shape index (κ3) is 4.02. The van der Waals surface area contributed by atoms with Gasteiger partial charge >= 0.3 is 0 Å². The molecule has 0 spiro atoms. The third-order valence-corrected chi connectivity index (χ3v) is 4.00. The van der Waals surface area contributed by atoms with E-state index in [9.17, 15) is 4.79 Å². The lowest BCUT2D eigenvalue weighted by Crippen LogP contribution is -2.16. The van der Waals surface area contributed by atoms with E-state index in [4.69, 9.17) is 4.74 Å². The van der Waals surface area contributed by atoms with E-state index in [0.717, 1.165) is 10.6 Å². The van der Waals surface area contributed by atoms with Crippen LogP contribution in [0.5, 0.6) is 11.6 Å². The van der Waals surface area contributed by atoms with Gasteiger partial charge in [0.25, 0.3) is 5.91 Å². The zero-order valence-electron chi connectivity index (χ0n) is 12.8. The van der Waals surface area contributed by atoms with Crippen molar-refractivity contribution in [3.05, 3.63) is 64.5 Å². The second kappa shape index (κ2) is 7.47. The number of rotatable bonds is 5. The summed E-state index contributed by atoms with van der Waals surface area (Å²) in [6, 6.07) is 7.56. The Hall–Kier alpha value is -3.06. The van der Waals surface area contributed by atoms with Crippen molar-refractivity contribution in [1.82, 2.24) is 20.3 Å². The summed E-state index contributed by atoms with van der Waals surface area (Å²) in [7, 11) is 1.60. The van der Waals surface area contributed by atoms with Gasteiger partial charge in [-0.2, -0.15) is 0 Å². The second-order valence-electron chi connectivity index (χ2n) is 4.69. The number of amides is 1. The molecule has 0 bridgehead atoms. The van der Waals surface area contributed by atoms with Crippen LogP contribution in [-0.2, 0) is 0 Å². The summed E-state index contributed by atoms with van der Waals surface area (Å²) in [5.41, 5.74) is 0.998. The molecule has 0 aliphatic heterocycles. The van der Waals surface area contributed by atoms with Gasteiger partial charge in [-0.15, -0.1) is 11.3 Å². The minimum atomic E-state index is -0.127. The molecular formula is C17H14N4O2S. The number of carbonyl (C=O) groups is 1. The summed E-state index contributed by atoms with van der Waals surface area (Å²) in [4.78, 5) is 24.3. The first-order valence-electron chi connectivity index (χ1n) is 7.14. The number of benzene rings is 1. The summed E-state index contributed by atoms with van der Waals surface area (Å²) in [5.74, 6) is 1.01. The summed E-state index contributed by atoms with van der Waals surface area (Å²) in [6.45, 7) is 0. The summed E-state index contributed by atoms with van der Waals surface area (Å²) < 4.78 is 5.59. The van der Waals surface area contributed by atoms with E-state index in [1.807, 2.05) is 36.4 Å². The zero-order valence-corrected chi connectivity index (χ0v) is 13.7. The number of nitrogens with zero attached hydrogens (tertiary/aromatic N) is 3. The highest BCUT2D eigenvalue weighted by atomic mass is 32.1. The van der Waals surface area contributed by atoms with Gasteiger partial charge in [0.2, 0.25) is 5.88 Å². The Morgan fingerprint density at radius 1 is 1.12 bits per heavy atom. The number of nitrogens with one attached hydrogen (secondary N) is 1. The Balaban J connectivity index is 1.65. The van der Waals surface area contributed by atoms with Crippen molar-refractivity contribution in [2.45, 2.75) is 0 Å². The molecule has 7 heteroatoms. The van der Waals surface area contributed by atoms with Crippen molar-refractivity contribution in [3.63, 3.8) is 0 Å². The van der Waals surface area contributed by atoms with Crippen molar-refractivity contribution in [1.29, 1.82) is 0 Å². The van der Waals surface area contributed by atoms with Crippen molar-refractivity contribution >= 4 is 29.4 Å². The monoisotopic (exact) mass is 338 g/mol. The Morgan fingerprint density at radius 3 is 2.67 bits per heavy atom. The highest BCUT2D eigenvalue weighted by molar-refractivity contribution is 7.14. The van der Waals surface area contributed by atoms with Gasteiger partial charge in [-0.05, 0) is 23.8 Å². The molecule has 0 saturated heterocycles. The van der Waals surface area contributed by atoms with Gasteiger partial charge in [0.15, 0.2) is 0 Å². The largest absolute Gasteiger partial charge is 0.438 e. The Labute approximate surface area is 142 Å². The van der Waals surface area contributed by atoms with Gasteiger partial charge in [0.05, 0.1) is 12.4 Å². The molecule has 0 atom stereocenters. The summed E-state index contributed by atoms with van der Waals surface area (Å²) in [5, 5.41) is 3.35. The molecule has 3 aromatic rings. The molecule has 0 aliphatic rings. The fourth-order valence-electron chi connectivity index (χ4n) is 1.87. The number of hydrogen-bond donors (Lipinski definition) is 1. The predicted octanol–water partition coefficient (Wildman–Crippen LogP) is 3.26. The Morgan fingerprint density at radius 2 is 1.96 bits per heavy atom. The van der Waals surface area contributed by atoms with Gasteiger partial charge in [-0.3, -0.25) is 9.78 Å². The topological polar surface area (TPSA) is 77.0 Å². The molecule has 0 fully saturated rings. The van der Waals surface area contributed by atoms with Crippen LogP contribution in [0.3, 0.4) is 0 Å². The lowest BCUT2D eigenvalue weighted by Gasteiger charge is -2.03. The lowest BCUT2D eigenvalue weighted by molar-refractivity contribution is 0.0967. The Bertz CT molecular complexity index is 845. The minimum absolute atomic E-state index is 0.127. The molecule has 0 saturated carbocycles. The lowest BCUT2D eigenvalue weighted by atomic mass is 10.2. The quantitative estimate of drug-likeness (QED) is 0.773. The number of ether oxygens (including phenoxy) is 1. The SMILES string of the molecule is CNC(=O)c1cnc(C=Cc2ccc(Oc3cnccn3)cc2)s1. The molecule has 0 aliphatic carbocycles. The average molecular weight is 338 g/mol. The molecular weight excluding hydrogens is 324 g/mol. The van der Waals surface area contributed by atoms with Crippen LogP contribution in [-0.4, -0.2) is 27.9 Å². The smallest absolute Gasteiger partial charge is 0.262 e. The molecule has 120 valence electrons. The van der Waals surface area contributed by atoms with Crippen molar-refractivity contribution in [3.8, 4) is 11.6 Å². The number of carbonyl (C=O) groups excluding carboxylic acids is 1. The maximum Gasteiger partial charge on any atom is 0.262 e. The maximum absolute atomic E-state index is 11.5. The van der Waals surface area contributed by atoms with E-state index in [1.54, 1.807) is 31.8 Å². The first-order valence-corrected chi connectivity index (χ1v) is 7.96. The molecule has 6 nitrogen and oxygen atoms in total. The van der Waals surface area contributed by atoms with E-state index in [-0.39, 0.29) is 5.91 Å². The molecule has 2 heterocycles. The molecule has 24 heavy (non-hydrogen) atoms. The van der Waals surface area contributed by atoms with Crippen molar-refractivity contribution in [2.75, 3.05) is 7.05 Å². The zero-order chi connectivity index (χ0) is 16.8. The fourth-order valence-corrected chi connectivity index (χ4v) is 2.63. The first-order chi connectivity index (χ1) is 11.7. The Kier molecular flexibility index (Phi) is 4.93. The number of aromatic nitrogens is 3. The van der Waals surface area contributed by atoms with Crippen LogP contribution in [0.1, 0.15) is 20.2 Å². The third-order valence-electron chi connectivity index (χ3n) is 3.03. The van der Waals surface area contributed by atoms with E-state index in [2.05, 4.69) is 20.3 Å².